The van der Waals surface area contributed by atoms with Gasteiger partial charge in [0, 0.05) is 31.2 Å². The van der Waals surface area contributed by atoms with Gasteiger partial charge in [-0.2, -0.15) is 0 Å². The summed E-state index contributed by atoms with van der Waals surface area (Å²) in [4.78, 5) is 25.4. The lowest BCUT2D eigenvalue weighted by molar-refractivity contribution is -0.385. The van der Waals surface area contributed by atoms with Crippen molar-refractivity contribution in [3.63, 3.8) is 0 Å². The highest BCUT2D eigenvalue weighted by molar-refractivity contribution is 5.99. The first-order valence-electron chi connectivity index (χ1n) is 7.26. The maximum atomic E-state index is 12.8. The van der Waals surface area contributed by atoms with Crippen LogP contribution in [0.1, 0.15) is 22.8 Å². The zero-order chi connectivity index (χ0) is 15.1. The second kappa shape index (κ2) is 5.11. The average molecular weight is 289 g/mol. The van der Waals surface area contributed by atoms with E-state index >= 15 is 0 Å². The van der Waals surface area contributed by atoms with Crippen LogP contribution in [0.2, 0.25) is 0 Å². The number of amides is 1. The Bertz CT molecular complexity index is 602. The molecule has 0 aromatic heterocycles. The van der Waals surface area contributed by atoms with Crippen LogP contribution in [0, 0.1) is 28.9 Å². The molecular weight excluding hydrogens is 270 g/mol. The van der Waals surface area contributed by atoms with E-state index in [4.69, 9.17) is 0 Å². The van der Waals surface area contributed by atoms with Gasteiger partial charge in [0.2, 0.25) is 0 Å². The molecule has 1 amide bonds. The molecule has 21 heavy (non-hydrogen) atoms. The predicted molar refractivity (Wildman–Crippen MR) is 78.2 cm³/mol. The van der Waals surface area contributed by atoms with E-state index in [1.165, 1.54) is 0 Å². The summed E-state index contributed by atoms with van der Waals surface area (Å²) in [6.45, 7) is 6.24. The Kier molecular flexibility index (Phi) is 3.41. The van der Waals surface area contributed by atoms with Gasteiger partial charge >= 0.3 is 0 Å². The van der Waals surface area contributed by atoms with Crippen LogP contribution >= 0.6 is 0 Å². The van der Waals surface area contributed by atoms with Crippen molar-refractivity contribution in [1.29, 1.82) is 0 Å². The van der Waals surface area contributed by atoms with Crippen molar-refractivity contribution >= 4 is 11.6 Å². The molecule has 1 N–H and O–H groups in total. The summed E-state index contributed by atoms with van der Waals surface area (Å²) < 4.78 is 0. The molecule has 3 unspecified atom stereocenters. The standard InChI is InChI=1S/C15H19N3O3/c1-9-4-3-5-12(14(9)18(20)21)15(19)17-8-11-6-16-7-13(11)10(17)2/h3-5,10-11,13,16H,6-8H2,1-2H3. The van der Waals surface area contributed by atoms with Crippen molar-refractivity contribution in [2.24, 2.45) is 11.8 Å². The first kappa shape index (κ1) is 14.0. The van der Waals surface area contributed by atoms with Crippen LogP contribution < -0.4 is 5.32 Å². The molecule has 6 heteroatoms. The number of fused-ring (bicyclic) bond motifs is 1. The summed E-state index contributed by atoms with van der Waals surface area (Å²) in [7, 11) is 0. The minimum absolute atomic E-state index is 0.0649. The van der Waals surface area contributed by atoms with Gasteiger partial charge < -0.3 is 10.2 Å². The number of nitrogens with zero attached hydrogens (tertiary/aromatic N) is 2. The smallest absolute Gasteiger partial charge is 0.285 e. The number of benzene rings is 1. The number of rotatable bonds is 2. The van der Waals surface area contributed by atoms with Crippen LogP contribution in [-0.4, -0.2) is 41.4 Å². The Balaban J connectivity index is 1.93. The SMILES string of the molecule is Cc1cccc(C(=O)N2CC3CNCC3C2C)c1[N+](=O)[O-]. The van der Waals surface area contributed by atoms with Gasteiger partial charge in [0.25, 0.3) is 11.6 Å². The third-order valence-corrected chi connectivity index (χ3v) is 4.85. The van der Waals surface area contributed by atoms with E-state index in [1.807, 2.05) is 6.92 Å². The lowest BCUT2D eigenvalue weighted by Crippen LogP contribution is -2.38. The number of hydrogen-bond acceptors (Lipinski definition) is 4. The number of carbonyl (C=O) groups excluding carboxylic acids is 1. The third-order valence-electron chi connectivity index (χ3n) is 4.85. The lowest BCUT2D eigenvalue weighted by Gasteiger charge is -2.24. The molecule has 2 aliphatic heterocycles. The Labute approximate surface area is 123 Å². The van der Waals surface area contributed by atoms with Crippen molar-refractivity contribution in [1.82, 2.24) is 10.2 Å². The summed E-state index contributed by atoms with van der Waals surface area (Å²) in [5.74, 6) is 0.706. The summed E-state index contributed by atoms with van der Waals surface area (Å²) in [6, 6.07) is 5.06. The van der Waals surface area contributed by atoms with Gasteiger partial charge in [-0.1, -0.05) is 12.1 Å². The maximum absolute atomic E-state index is 12.8. The number of aryl methyl sites for hydroxylation is 1. The Morgan fingerprint density at radius 2 is 2.19 bits per heavy atom. The van der Waals surface area contributed by atoms with E-state index in [9.17, 15) is 14.9 Å². The Morgan fingerprint density at radius 3 is 2.86 bits per heavy atom. The summed E-state index contributed by atoms with van der Waals surface area (Å²) >= 11 is 0. The molecule has 3 atom stereocenters. The van der Waals surface area contributed by atoms with Crippen molar-refractivity contribution in [2.75, 3.05) is 19.6 Å². The number of para-hydroxylation sites is 1. The fourth-order valence-electron chi connectivity index (χ4n) is 3.66. The quantitative estimate of drug-likeness (QED) is 0.662. The fourth-order valence-corrected chi connectivity index (χ4v) is 3.66. The van der Waals surface area contributed by atoms with E-state index in [0.29, 0.717) is 23.9 Å². The van der Waals surface area contributed by atoms with Gasteiger partial charge in [-0.3, -0.25) is 14.9 Å². The Morgan fingerprint density at radius 1 is 1.43 bits per heavy atom. The van der Waals surface area contributed by atoms with E-state index in [-0.39, 0.29) is 23.2 Å². The van der Waals surface area contributed by atoms with Crippen LogP contribution in [0.5, 0.6) is 0 Å². The molecule has 3 rings (SSSR count). The normalized spacial score (nSPS) is 27.7. The van der Waals surface area contributed by atoms with Gasteiger partial charge in [0.1, 0.15) is 5.56 Å². The number of likely N-dealkylation sites (tertiary alicyclic amines) is 1. The molecule has 1 aromatic rings. The minimum atomic E-state index is -0.453. The zero-order valence-electron chi connectivity index (χ0n) is 12.2. The van der Waals surface area contributed by atoms with Gasteiger partial charge in [0.05, 0.1) is 4.92 Å². The Hall–Kier alpha value is -1.95. The maximum Gasteiger partial charge on any atom is 0.285 e. The molecule has 0 saturated carbocycles. The molecule has 2 saturated heterocycles. The van der Waals surface area contributed by atoms with Crippen LogP contribution in [0.25, 0.3) is 0 Å². The highest BCUT2D eigenvalue weighted by Gasteiger charge is 2.44. The van der Waals surface area contributed by atoms with Crippen molar-refractivity contribution in [3.8, 4) is 0 Å². The van der Waals surface area contributed by atoms with Crippen molar-refractivity contribution in [2.45, 2.75) is 19.9 Å². The number of nitro benzene ring substituents is 1. The molecule has 2 fully saturated rings. The summed E-state index contributed by atoms with van der Waals surface area (Å²) in [6.07, 6.45) is 0. The minimum Gasteiger partial charge on any atom is -0.335 e. The predicted octanol–water partition coefficient (Wildman–Crippen LogP) is 1.58. The molecule has 0 spiro atoms. The molecule has 0 radical (unpaired) electrons. The number of nitrogens with one attached hydrogen (secondary N) is 1. The van der Waals surface area contributed by atoms with E-state index in [0.717, 1.165) is 13.1 Å². The highest BCUT2D eigenvalue weighted by atomic mass is 16.6. The van der Waals surface area contributed by atoms with Gasteiger partial charge in [-0.05, 0) is 31.7 Å². The van der Waals surface area contributed by atoms with Crippen LogP contribution in [0.3, 0.4) is 0 Å². The van der Waals surface area contributed by atoms with Crippen molar-refractivity contribution < 1.29 is 9.72 Å². The number of hydrogen-bond donors (Lipinski definition) is 1. The molecule has 0 bridgehead atoms. The molecule has 0 aliphatic carbocycles. The number of nitro groups is 1. The number of carbonyl (C=O) groups is 1. The van der Waals surface area contributed by atoms with Crippen molar-refractivity contribution in [3.05, 3.63) is 39.4 Å². The first-order chi connectivity index (χ1) is 10.0. The van der Waals surface area contributed by atoms with Gasteiger partial charge in [-0.25, -0.2) is 0 Å². The second-order valence-electron chi connectivity index (χ2n) is 6.01. The van der Waals surface area contributed by atoms with Gasteiger partial charge in [0.15, 0.2) is 0 Å². The summed E-state index contributed by atoms with van der Waals surface area (Å²) in [5.41, 5.74) is 0.671. The monoisotopic (exact) mass is 289 g/mol. The summed E-state index contributed by atoms with van der Waals surface area (Å²) in [5, 5.41) is 14.6. The largest absolute Gasteiger partial charge is 0.335 e. The molecule has 6 nitrogen and oxygen atoms in total. The molecule has 112 valence electrons. The average Bonchev–Trinajstić information content (AvgIpc) is 3.01. The van der Waals surface area contributed by atoms with E-state index < -0.39 is 4.92 Å². The molecular formula is C15H19N3O3. The lowest BCUT2D eigenvalue weighted by atomic mass is 9.95. The van der Waals surface area contributed by atoms with Crippen LogP contribution in [0.15, 0.2) is 18.2 Å². The highest BCUT2D eigenvalue weighted by Crippen LogP contribution is 2.34. The molecule has 2 aliphatic rings. The van der Waals surface area contributed by atoms with E-state index in [1.54, 1.807) is 30.0 Å². The second-order valence-corrected chi connectivity index (χ2v) is 6.01. The topological polar surface area (TPSA) is 75.5 Å². The third kappa shape index (κ3) is 2.19. The van der Waals surface area contributed by atoms with Crippen LogP contribution in [0.4, 0.5) is 5.69 Å². The van der Waals surface area contributed by atoms with E-state index in [2.05, 4.69) is 5.32 Å². The fraction of sp³-hybridized carbons (Fsp3) is 0.533. The zero-order valence-corrected chi connectivity index (χ0v) is 12.2. The molecule has 1 aromatic carbocycles. The van der Waals surface area contributed by atoms with Crippen LogP contribution in [-0.2, 0) is 0 Å². The van der Waals surface area contributed by atoms with Gasteiger partial charge in [-0.15, -0.1) is 0 Å². The first-order valence-corrected chi connectivity index (χ1v) is 7.26. The molecule has 2 heterocycles.